The van der Waals surface area contributed by atoms with Gasteiger partial charge in [-0.3, -0.25) is 0 Å². The molecule has 3 heteroatoms. The van der Waals surface area contributed by atoms with Gasteiger partial charge in [0.1, 0.15) is 0 Å². The summed E-state index contributed by atoms with van der Waals surface area (Å²) < 4.78 is 2.45. The summed E-state index contributed by atoms with van der Waals surface area (Å²) in [5.41, 5.74) is 15.3. The second kappa shape index (κ2) is 17.4. The van der Waals surface area contributed by atoms with E-state index in [9.17, 15) is 0 Å². The van der Waals surface area contributed by atoms with Crippen LogP contribution in [0.1, 0.15) is 93.2 Å². The zero-order valence-electron chi connectivity index (χ0n) is 39.1. The molecular weight excluding hydrogens is 823 g/mol. The first-order valence-corrected chi connectivity index (χ1v) is 25.8. The van der Waals surface area contributed by atoms with Crippen molar-refractivity contribution >= 4 is 55.9 Å². The zero-order valence-corrected chi connectivity index (χ0v) is 39.1. The summed E-state index contributed by atoms with van der Waals surface area (Å²) in [7, 11) is 0. The summed E-state index contributed by atoms with van der Waals surface area (Å²) in [5, 5.41) is 2.55. The maximum atomic E-state index is 2.56. The van der Waals surface area contributed by atoms with Gasteiger partial charge in [-0.2, -0.15) is 0 Å². The molecule has 9 aromatic rings. The minimum absolute atomic E-state index is 0.0390. The molecule has 5 fully saturated rings. The number of anilines is 6. The molecule has 0 saturated heterocycles. The Morgan fingerprint density at radius 1 is 0.382 bits per heavy atom. The highest BCUT2D eigenvalue weighted by atomic mass is 15.2. The largest absolute Gasteiger partial charge is 0.311 e. The van der Waals surface area contributed by atoms with Crippen molar-refractivity contribution < 1.29 is 0 Å². The standard InChI is InChI=1S/C65H61N3/c1-5-16-48(17-6-1)49-29-36-58(37-30-49)67(62-26-15-27-63-64(62)60-24-13-14-25-61(60)68(63)56-22-11-4-12-23-56)59-40-34-51(35-41-59)65(52-31-28-46-42-47(44-52)45-53(65)43-46)50-32-38-57(39-33-50)66(54-18-7-2-8-19-54)55-20-9-3-10-21-55/h2-4,7-15,18-27,29-30,32-41,46-48,52-53H,1,5-6,16-17,28,31,42-45H2. The van der Waals surface area contributed by atoms with Gasteiger partial charge in [-0.15, -0.1) is 0 Å². The van der Waals surface area contributed by atoms with Gasteiger partial charge < -0.3 is 14.4 Å². The van der Waals surface area contributed by atoms with Crippen molar-refractivity contribution in [2.24, 2.45) is 23.7 Å². The van der Waals surface area contributed by atoms with Gasteiger partial charge in [0.25, 0.3) is 0 Å². The number of fused-ring (bicyclic) bond motifs is 4. The van der Waals surface area contributed by atoms with Crippen LogP contribution in [-0.4, -0.2) is 4.57 Å². The van der Waals surface area contributed by atoms with Gasteiger partial charge in [0, 0.05) is 50.3 Å². The molecular formula is C65H61N3. The van der Waals surface area contributed by atoms with Crippen LogP contribution < -0.4 is 9.80 Å². The van der Waals surface area contributed by atoms with Crippen molar-refractivity contribution in [3.8, 4) is 5.69 Å². The number of nitrogens with zero attached hydrogens (tertiary/aromatic N) is 3. The lowest BCUT2D eigenvalue weighted by Gasteiger charge is -2.54. The maximum Gasteiger partial charge on any atom is 0.0562 e. The van der Waals surface area contributed by atoms with Crippen molar-refractivity contribution in [2.75, 3.05) is 9.80 Å². The average Bonchev–Trinajstić information content (AvgIpc) is 3.61. The molecule has 3 nitrogen and oxygen atoms in total. The second-order valence-electron chi connectivity index (χ2n) is 20.7. The van der Waals surface area contributed by atoms with Crippen molar-refractivity contribution in [1.82, 2.24) is 4.57 Å². The first-order valence-electron chi connectivity index (χ1n) is 25.8. The van der Waals surface area contributed by atoms with Gasteiger partial charge >= 0.3 is 0 Å². The molecule has 5 aliphatic rings. The fourth-order valence-electron chi connectivity index (χ4n) is 14.4. The third-order valence-electron chi connectivity index (χ3n) is 17.1. The Bertz CT molecular complexity index is 3120. The fraction of sp³-hybridized carbons (Fsp3) is 0.262. The Morgan fingerprint density at radius 2 is 0.912 bits per heavy atom. The predicted octanol–water partition coefficient (Wildman–Crippen LogP) is 17.9. The molecule has 5 unspecified atom stereocenters. The van der Waals surface area contributed by atoms with Gasteiger partial charge in [-0.25, -0.2) is 0 Å². The van der Waals surface area contributed by atoms with Crippen LogP contribution in [0.25, 0.3) is 27.5 Å². The van der Waals surface area contributed by atoms with E-state index >= 15 is 0 Å². The van der Waals surface area contributed by atoms with Gasteiger partial charge in [0.15, 0.2) is 0 Å². The summed E-state index contributed by atoms with van der Waals surface area (Å²) in [6.45, 7) is 0. The average molecular weight is 884 g/mol. The van der Waals surface area contributed by atoms with E-state index in [1.165, 1.54) is 149 Å². The zero-order chi connectivity index (χ0) is 45.0. The number of hydrogen-bond donors (Lipinski definition) is 0. The number of hydrogen-bond acceptors (Lipinski definition) is 2. The third kappa shape index (κ3) is 6.99. The number of rotatable bonds is 10. The summed E-state index contributed by atoms with van der Waals surface area (Å²) >= 11 is 0. The van der Waals surface area contributed by atoms with E-state index in [1.807, 2.05) is 0 Å². The molecule has 0 aliphatic heterocycles. The molecule has 1 heterocycles. The Labute approximate surface area is 402 Å². The van der Waals surface area contributed by atoms with Crippen LogP contribution in [0.4, 0.5) is 34.1 Å². The van der Waals surface area contributed by atoms with Crippen LogP contribution in [0.2, 0.25) is 0 Å². The molecule has 8 aromatic carbocycles. The quantitative estimate of drug-likeness (QED) is 0.136. The number of aromatic nitrogens is 1. The molecule has 1 aromatic heterocycles. The summed E-state index contributed by atoms with van der Waals surface area (Å²) in [4.78, 5) is 4.97. The molecule has 5 aliphatic carbocycles. The first-order chi connectivity index (χ1) is 33.7. The third-order valence-corrected chi connectivity index (χ3v) is 17.1. The number of para-hydroxylation sites is 4. The fourth-order valence-corrected chi connectivity index (χ4v) is 14.4. The summed E-state index contributed by atoms with van der Waals surface area (Å²) in [5.74, 6) is 3.62. The molecule has 5 saturated carbocycles. The van der Waals surface area contributed by atoms with Gasteiger partial charge in [0.2, 0.25) is 0 Å². The Balaban J connectivity index is 0.957. The van der Waals surface area contributed by atoms with Crippen molar-refractivity contribution in [3.05, 3.63) is 223 Å². The predicted molar refractivity (Wildman–Crippen MR) is 285 cm³/mol. The summed E-state index contributed by atoms with van der Waals surface area (Å²) in [6.07, 6.45) is 14.8. The number of benzene rings is 8. The van der Waals surface area contributed by atoms with Crippen LogP contribution in [0, 0.1) is 23.7 Å². The highest BCUT2D eigenvalue weighted by Gasteiger charge is 2.56. The Hall–Kier alpha value is -6.84. The van der Waals surface area contributed by atoms with Gasteiger partial charge in [-0.05, 0) is 182 Å². The SMILES string of the molecule is c1ccc(N(c2ccccc2)c2ccc(C3(c4ccc(N(c5ccc(C6CCCCC6)cc5)c5cccc6c5c5ccccc5n6-c5ccccc5)cc4)C4CCC5CC(C4)CC3C5)cc2)cc1. The normalized spacial score (nSPS) is 22.4. The van der Waals surface area contributed by atoms with E-state index in [0.29, 0.717) is 17.8 Å². The van der Waals surface area contributed by atoms with Crippen LogP contribution >= 0.6 is 0 Å². The van der Waals surface area contributed by atoms with Crippen molar-refractivity contribution in [3.63, 3.8) is 0 Å². The van der Waals surface area contributed by atoms with Gasteiger partial charge in [0.05, 0.1) is 16.7 Å². The minimum atomic E-state index is -0.0390. The van der Waals surface area contributed by atoms with Gasteiger partial charge in [-0.1, -0.05) is 141 Å². The lowest BCUT2D eigenvalue weighted by atomic mass is 9.49. The van der Waals surface area contributed by atoms with E-state index in [2.05, 4.69) is 221 Å². The Kier molecular flexibility index (Phi) is 10.6. The van der Waals surface area contributed by atoms with Crippen molar-refractivity contribution in [1.29, 1.82) is 0 Å². The van der Waals surface area contributed by atoms with E-state index in [0.717, 1.165) is 11.8 Å². The van der Waals surface area contributed by atoms with Crippen LogP contribution in [0.3, 0.4) is 0 Å². The molecule has 0 N–H and O–H groups in total. The van der Waals surface area contributed by atoms with E-state index in [4.69, 9.17) is 0 Å². The van der Waals surface area contributed by atoms with E-state index in [-0.39, 0.29) is 5.41 Å². The topological polar surface area (TPSA) is 11.4 Å². The second-order valence-corrected chi connectivity index (χ2v) is 20.7. The lowest BCUT2D eigenvalue weighted by molar-refractivity contribution is 0.0592. The molecule has 336 valence electrons. The smallest absolute Gasteiger partial charge is 0.0562 e. The van der Waals surface area contributed by atoms with E-state index < -0.39 is 0 Å². The molecule has 68 heavy (non-hydrogen) atoms. The van der Waals surface area contributed by atoms with Crippen LogP contribution in [0.15, 0.2) is 206 Å². The highest BCUT2D eigenvalue weighted by Crippen LogP contribution is 2.63. The maximum absolute atomic E-state index is 2.56. The first kappa shape index (κ1) is 41.4. The minimum Gasteiger partial charge on any atom is -0.311 e. The molecule has 0 radical (unpaired) electrons. The molecule has 0 amide bonds. The molecule has 4 bridgehead atoms. The van der Waals surface area contributed by atoms with Crippen molar-refractivity contribution in [2.45, 2.75) is 82.0 Å². The molecule has 0 spiro atoms. The lowest BCUT2D eigenvalue weighted by Crippen LogP contribution is -2.49. The van der Waals surface area contributed by atoms with Crippen LogP contribution in [0.5, 0.6) is 0 Å². The van der Waals surface area contributed by atoms with E-state index in [1.54, 1.807) is 0 Å². The highest BCUT2D eigenvalue weighted by molar-refractivity contribution is 6.16. The Morgan fingerprint density at radius 3 is 1.57 bits per heavy atom. The molecule has 5 atom stereocenters. The molecule has 14 rings (SSSR count). The monoisotopic (exact) mass is 883 g/mol. The summed E-state index contributed by atoms with van der Waals surface area (Å²) in [6, 6.07) is 78.1. The van der Waals surface area contributed by atoms with Crippen LogP contribution in [-0.2, 0) is 5.41 Å².